The molecule has 1 aromatic heterocycles. The van der Waals surface area contributed by atoms with Gasteiger partial charge >= 0.3 is 0 Å². The molecule has 4 heteroatoms. The predicted octanol–water partition coefficient (Wildman–Crippen LogP) is 2.68. The van der Waals surface area contributed by atoms with E-state index in [1.165, 1.54) is 0 Å². The summed E-state index contributed by atoms with van der Waals surface area (Å²) in [7, 11) is 0. The van der Waals surface area contributed by atoms with Crippen molar-refractivity contribution in [2.45, 2.75) is 27.4 Å². The Hall–Kier alpha value is -2.36. The number of carbonyl (C=O) groups is 1. The van der Waals surface area contributed by atoms with E-state index >= 15 is 0 Å². The Morgan fingerprint density at radius 2 is 1.85 bits per heavy atom. The van der Waals surface area contributed by atoms with Gasteiger partial charge in [-0.05, 0) is 62.2 Å². The zero-order chi connectivity index (χ0) is 14.7. The second kappa shape index (κ2) is 5.74. The summed E-state index contributed by atoms with van der Waals surface area (Å²) in [6.07, 6.45) is 0. The van der Waals surface area contributed by atoms with Gasteiger partial charge in [0.25, 0.3) is 0 Å². The smallest absolute Gasteiger partial charge is 0.248 e. The highest BCUT2D eigenvalue weighted by Crippen LogP contribution is 2.17. The van der Waals surface area contributed by atoms with Crippen molar-refractivity contribution < 1.29 is 9.53 Å². The molecular formula is C16H18N2O2. The maximum atomic E-state index is 11.0. The van der Waals surface area contributed by atoms with Crippen molar-refractivity contribution in [2.75, 3.05) is 0 Å². The summed E-state index contributed by atoms with van der Waals surface area (Å²) >= 11 is 0. The number of primary amides is 1. The first-order chi connectivity index (χ1) is 9.47. The third-order valence-corrected chi connectivity index (χ3v) is 3.28. The van der Waals surface area contributed by atoms with Crippen molar-refractivity contribution in [3.05, 3.63) is 58.4 Å². The highest BCUT2D eigenvalue weighted by atomic mass is 16.5. The number of pyridine rings is 1. The fourth-order valence-electron chi connectivity index (χ4n) is 2.00. The molecule has 4 nitrogen and oxygen atoms in total. The lowest BCUT2D eigenvalue weighted by molar-refractivity contribution is 0.100. The SMILES string of the molecule is Cc1cc(COc2ccc(C(N)=O)cc2)c(C)c(C)n1. The number of nitrogens with two attached hydrogens (primary N) is 1. The van der Waals surface area contributed by atoms with E-state index in [4.69, 9.17) is 10.5 Å². The Kier molecular flexibility index (Phi) is 4.03. The predicted molar refractivity (Wildman–Crippen MR) is 77.7 cm³/mol. The lowest BCUT2D eigenvalue weighted by atomic mass is 10.1. The van der Waals surface area contributed by atoms with E-state index in [1.54, 1.807) is 24.3 Å². The van der Waals surface area contributed by atoms with Crippen LogP contribution in [0.4, 0.5) is 0 Å². The molecule has 1 heterocycles. The number of amides is 1. The van der Waals surface area contributed by atoms with Crippen LogP contribution in [0.1, 0.15) is 32.9 Å². The van der Waals surface area contributed by atoms with Crippen molar-refractivity contribution in [1.82, 2.24) is 4.98 Å². The molecule has 0 saturated carbocycles. The third kappa shape index (κ3) is 3.15. The fourth-order valence-corrected chi connectivity index (χ4v) is 2.00. The highest BCUT2D eigenvalue weighted by molar-refractivity contribution is 5.92. The molecule has 104 valence electrons. The van der Waals surface area contributed by atoms with Gasteiger partial charge in [-0.1, -0.05) is 0 Å². The van der Waals surface area contributed by atoms with Crippen molar-refractivity contribution in [3.63, 3.8) is 0 Å². The molecule has 1 amide bonds. The Bertz CT molecular complexity index is 634. The van der Waals surface area contributed by atoms with Crippen LogP contribution in [0, 0.1) is 20.8 Å². The molecule has 0 aliphatic rings. The van der Waals surface area contributed by atoms with Gasteiger partial charge in [0.15, 0.2) is 0 Å². The average Bonchev–Trinajstić information content (AvgIpc) is 2.41. The topological polar surface area (TPSA) is 65.2 Å². The quantitative estimate of drug-likeness (QED) is 0.929. The first-order valence-corrected chi connectivity index (χ1v) is 6.44. The van der Waals surface area contributed by atoms with Crippen LogP contribution < -0.4 is 10.5 Å². The number of carbonyl (C=O) groups excluding carboxylic acids is 1. The highest BCUT2D eigenvalue weighted by Gasteiger charge is 2.06. The van der Waals surface area contributed by atoms with Crippen LogP contribution in [0.3, 0.4) is 0 Å². The molecule has 0 spiro atoms. The van der Waals surface area contributed by atoms with E-state index < -0.39 is 5.91 Å². The molecule has 2 rings (SSSR count). The first kappa shape index (κ1) is 14.1. The molecule has 1 aromatic carbocycles. The minimum atomic E-state index is -0.437. The van der Waals surface area contributed by atoms with E-state index in [2.05, 4.69) is 4.98 Å². The van der Waals surface area contributed by atoms with Gasteiger partial charge in [0.2, 0.25) is 5.91 Å². The molecule has 0 radical (unpaired) electrons. The van der Waals surface area contributed by atoms with Crippen molar-refractivity contribution in [2.24, 2.45) is 5.73 Å². The number of hydrogen-bond donors (Lipinski definition) is 1. The second-order valence-electron chi connectivity index (χ2n) is 4.81. The standard InChI is InChI=1S/C16H18N2O2/c1-10-8-14(11(2)12(3)18-10)9-20-15-6-4-13(5-7-15)16(17)19/h4-8H,9H2,1-3H3,(H2,17,19). The molecule has 0 atom stereocenters. The number of benzene rings is 1. The molecule has 0 saturated heterocycles. The number of aromatic nitrogens is 1. The molecule has 0 fully saturated rings. The number of rotatable bonds is 4. The van der Waals surface area contributed by atoms with Crippen molar-refractivity contribution in [3.8, 4) is 5.75 Å². The molecule has 20 heavy (non-hydrogen) atoms. The van der Waals surface area contributed by atoms with Crippen LogP contribution in [0.2, 0.25) is 0 Å². The average molecular weight is 270 g/mol. The number of ether oxygens (including phenoxy) is 1. The van der Waals surface area contributed by atoms with Gasteiger partial charge < -0.3 is 10.5 Å². The van der Waals surface area contributed by atoms with Gasteiger partial charge in [-0.25, -0.2) is 0 Å². The second-order valence-corrected chi connectivity index (χ2v) is 4.81. The summed E-state index contributed by atoms with van der Waals surface area (Å²) in [6.45, 7) is 6.48. The van der Waals surface area contributed by atoms with Gasteiger partial charge in [0, 0.05) is 17.0 Å². The summed E-state index contributed by atoms with van der Waals surface area (Å²) in [6, 6.07) is 8.84. The minimum Gasteiger partial charge on any atom is -0.489 e. The lowest BCUT2D eigenvalue weighted by Gasteiger charge is -2.11. The fraction of sp³-hybridized carbons (Fsp3) is 0.250. The van der Waals surface area contributed by atoms with Crippen LogP contribution in [0.25, 0.3) is 0 Å². The Balaban J connectivity index is 2.11. The number of hydrogen-bond acceptors (Lipinski definition) is 3. The summed E-state index contributed by atoms with van der Waals surface area (Å²) < 4.78 is 5.74. The molecule has 0 bridgehead atoms. The minimum absolute atomic E-state index is 0.437. The largest absolute Gasteiger partial charge is 0.489 e. The van der Waals surface area contributed by atoms with Gasteiger partial charge in [0.05, 0.1) is 0 Å². The Morgan fingerprint density at radius 3 is 2.45 bits per heavy atom. The maximum absolute atomic E-state index is 11.0. The summed E-state index contributed by atoms with van der Waals surface area (Å²) in [4.78, 5) is 15.4. The molecule has 0 unspecified atom stereocenters. The van der Waals surface area contributed by atoms with Gasteiger partial charge in [-0.2, -0.15) is 0 Å². The summed E-state index contributed by atoms with van der Waals surface area (Å²) in [5.41, 5.74) is 9.94. The van der Waals surface area contributed by atoms with Crippen molar-refractivity contribution >= 4 is 5.91 Å². The Morgan fingerprint density at radius 1 is 1.20 bits per heavy atom. The van der Waals surface area contributed by atoms with Gasteiger partial charge in [-0.3, -0.25) is 9.78 Å². The lowest BCUT2D eigenvalue weighted by Crippen LogP contribution is -2.10. The molecular weight excluding hydrogens is 252 g/mol. The van der Waals surface area contributed by atoms with Crippen LogP contribution in [0.15, 0.2) is 30.3 Å². The molecule has 2 aromatic rings. The summed E-state index contributed by atoms with van der Waals surface area (Å²) in [5.74, 6) is 0.272. The van der Waals surface area contributed by atoms with E-state index in [1.807, 2.05) is 26.8 Å². The van der Waals surface area contributed by atoms with Gasteiger partial charge in [-0.15, -0.1) is 0 Å². The van der Waals surface area contributed by atoms with Crippen LogP contribution >= 0.6 is 0 Å². The van der Waals surface area contributed by atoms with Gasteiger partial charge in [0.1, 0.15) is 12.4 Å². The first-order valence-electron chi connectivity index (χ1n) is 6.44. The van der Waals surface area contributed by atoms with E-state index in [0.29, 0.717) is 17.9 Å². The van der Waals surface area contributed by atoms with Crippen LogP contribution in [-0.2, 0) is 6.61 Å². The number of aryl methyl sites for hydroxylation is 2. The zero-order valence-electron chi connectivity index (χ0n) is 11.9. The molecule has 2 N–H and O–H groups in total. The zero-order valence-corrected chi connectivity index (χ0v) is 11.9. The maximum Gasteiger partial charge on any atom is 0.248 e. The normalized spacial score (nSPS) is 10.3. The molecule has 0 aliphatic heterocycles. The van der Waals surface area contributed by atoms with E-state index in [9.17, 15) is 4.79 Å². The number of nitrogens with zero attached hydrogens (tertiary/aromatic N) is 1. The summed E-state index contributed by atoms with van der Waals surface area (Å²) in [5, 5.41) is 0. The van der Waals surface area contributed by atoms with E-state index in [-0.39, 0.29) is 0 Å². The monoisotopic (exact) mass is 270 g/mol. The Labute approximate surface area is 118 Å². The van der Waals surface area contributed by atoms with Crippen molar-refractivity contribution in [1.29, 1.82) is 0 Å². The van der Waals surface area contributed by atoms with Crippen LogP contribution in [0.5, 0.6) is 5.75 Å². The third-order valence-electron chi connectivity index (χ3n) is 3.28. The molecule has 0 aliphatic carbocycles. The van der Waals surface area contributed by atoms with E-state index in [0.717, 1.165) is 22.5 Å². The van der Waals surface area contributed by atoms with Crippen LogP contribution in [-0.4, -0.2) is 10.9 Å².